The maximum absolute atomic E-state index is 8.97. The van der Waals surface area contributed by atoms with Crippen LogP contribution in [0.15, 0.2) is 24.3 Å². The maximum Gasteiger partial charge on any atom is 0.0992 e. The molecule has 4 nitrogen and oxygen atoms in total. The van der Waals surface area contributed by atoms with Gasteiger partial charge in [-0.3, -0.25) is 4.90 Å². The number of hydrogen-bond acceptors (Lipinski definition) is 4. The molecular weight excluding hydrogens is 236 g/mol. The molecule has 1 heterocycles. The van der Waals surface area contributed by atoms with Crippen molar-refractivity contribution < 1.29 is 0 Å². The lowest BCUT2D eigenvalue weighted by Crippen LogP contribution is -2.56. The number of hydrogen-bond donors (Lipinski definition) is 0. The van der Waals surface area contributed by atoms with Crippen LogP contribution in [0.4, 0.5) is 5.69 Å². The molecule has 98 valence electrons. The van der Waals surface area contributed by atoms with Gasteiger partial charge in [0.05, 0.1) is 24.1 Å². The van der Waals surface area contributed by atoms with E-state index in [9.17, 15) is 0 Å². The van der Waals surface area contributed by atoms with Gasteiger partial charge in [0.1, 0.15) is 0 Å². The Labute approximate surface area is 114 Å². The molecule has 0 N–H and O–H groups in total. The second-order valence-electron chi connectivity index (χ2n) is 5.10. The summed E-state index contributed by atoms with van der Waals surface area (Å²) in [7, 11) is 2.08. The number of piperazine rings is 1. The summed E-state index contributed by atoms with van der Waals surface area (Å²) >= 11 is 0. The molecule has 0 bridgehead atoms. The van der Waals surface area contributed by atoms with E-state index in [0.717, 1.165) is 18.8 Å². The average Bonchev–Trinajstić information content (AvgIpc) is 2.44. The van der Waals surface area contributed by atoms with Crippen LogP contribution in [0.3, 0.4) is 0 Å². The second-order valence-corrected chi connectivity index (χ2v) is 5.10. The molecule has 1 fully saturated rings. The monoisotopic (exact) mass is 254 g/mol. The van der Waals surface area contributed by atoms with Crippen LogP contribution in [0, 0.1) is 22.7 Å². The smallest absolute Gasteiger partial charge is 0.0992 e. The molecule has 2 atom stereocenters. The van der Waals surface area contributed by atoms with Gasteiger partial charge in [-0.05, 0) is 32.2 Å². The van der Waals surface area contributed by atoms with E-state index in [1.54, 1.807) is 0 Å². The van der Waals surface area contributed by atoms with Crippen LogP contribution in [0.5, 0.6) is 0 Å². The number of benzene rings is 1. The van der Waals surface area contributed by atoms with Crippen molar-refractivity contribution in [1.29, 1.82) is 10.5 Å². The molecular formula is C15H18N4. The van der Waals surface area contributed by atoms with Crippen molar-refractivity contribution in [2.75, 3.05) is 25.0 Å². The van der Waals surface area contributed by atoms with Crippen LogP contribution in [0.1, 0.15) is 18.9 Å². The largest absolute Gasteiger partial charge is 0.368 e. The molecule has 2 unspecified atom stereocenters. The van der Waals surface area contributed by atoms with E-state index in [2.05, 4.69) is 35.9 Å². The molecule has 1 aromatic rings. The van der Waals surface area contributed by atoms with Gasteiger partial charge in [-0.25, -0.2) is 0 Å². The molecule has 0 radical (unpaired) electrons. The zero-order valence-corrected chi connectivity index (χ0v) is 11.4. The lowest BCUT2D eigenvalue weighted by molar-refractivity contribution is 0.160. The fourth-order valence-electron chi connectivity index (χ4n) is 2.56. The van der Waals surface area contributed by atoms with E-state index in [1.807, 2.05) is 24.3 Å². The van der Waals surface area contributed by atoms with Crippen molar-refractivity contribution in [3.63, 3.8) is 0 Å². The van der Waals surface area contributed by atoms with Gasteiger partial charge < -0.3 is 4.90 Å². The molecule has 1 aromatic carbocycles. The first-order valence-corrected chi connectivity index (χ1v) is 6.49. The molecule has 1 saturated heterocycles. The van der Waals surface area contributed by atoms with E-state index in [1.165, 1.54) is 0 Å². The summed E-state index contributed by atoms with van der Waals surface area (Å²) in [5, 5.41) is 17.9. The first-order chi connectivity index (χ1) is 9.15. The minimum atomic E-state index is 0.250. The molecule has 19 heavy (non-hydrogen) atoms. The fourth-order valence-corrected chi connectivity index (χ4v) is 2.56. The van der Waals surface area contributed by atoms with Crippen LogP contribution >= 0.6 is 0 Å². The van der Waals surface area contributed by atoms with E-state index in [4.69, 9.17) is 10.5 Å². The summed E-state index contributed by atoms with van der Waals surface area (Å²) < 4.78 is 0. The predicted molar refractivity (Wildman–Crippen MR) is 74.6 cm³/mol. The van der Waals surface area contributed by atoms with Gasteiger partial charge >= 0.3 is 0 Å². The van der Waals surface area contributed by atoms with E-state index in [0.29, 0.717) is 18.0 Å². The molecule has 4 heteroatoms. The summed E-state index contributed by atoms with van der Waals surface area (Å²) in [4.78, 5) is 4.54. The van der Waals surface area contributed by atoms with E-state index in [-0.39, 0.29) is 6.04 Å². The Morgan fingerprint density at radius 2 is 2.11 bits per heavy atom. The number of likely N-dealkylation sites (N-methyl/N-ethyl adjacent to an activating group) is 1. The molecule has 0 aromatic heterocycles. The van der Waals surface area contributed by atoms with Crippen LogP contribution in [0.25, 0.3) is 0 Å². The Kier molecular flexibility index (Phi) is 4.04. The fraction of sp³-hybridized carbons (Fsp3) is 0.467. The zero-order valence-electron chi connectivity index (χ0n) is 11.4. The Hall–Kier alpha value is -2.04. The summed E-state index contributed by atoms with van der Waals surface area (Å²) in [6, 6.07) is 12.8. The SMILES string of the molecule is CC1CN(c2cccc(C#N)c2)CC(CC#N)N1C. The van der Waals surface area contributed by atoms with Gasteiger partial charge in [-0.1, -0.05) is 6.07 Å². The summed E-state index contributed by atoms with van der Waals surface area (Å²) in [5.74, 6) is 0. The highest BCUT2D eigenvalue weighted by Gasteiger charge is 2.29. The predicted octanol–water partition coefficient (Wildman–Crippen LogP) is 1.98. The molecule has 1 aliphatic heterocycles. The van der Waals surface area contributed by atoms with Gasteiger partial charge in [0.15, 0.2) is 0 Å². The number of nitrogens with zero attached hydrogens (tertiary/aromatic N) is 4. The number of nitriles is 2. The van der Waals surface area contributed by atoms with Crippen molar-refractivity contribution in [3.8, 4) is 12.1 Å². The van der Waals surface area contributed by atoms with Crippen molar-refractivity contribution in [2.45, 2.75) is 25.4 Å². The molecule has 1 aliphatic rings. The normalized spacial score (nSPS) is 23.7. The number of rotatable bonds is 2. The lowest BCUT2D eigenvalue weighted by atomic mass is 10.0. The lowest BCUT2D eigenvalue weighted by Gasteiger charge is -2.44. The third-order valence-electron chi connectivity index (χ3n) is 3.85. The second kappa shape index (κ2) is 5.73. The molecule has 0 amide bonds. The minimum absolute atomic E-state index is 0.250. The molecule has 0 saturated carbocycles. The first-order valence-electron chi connectivity index (χ1n) is 6.49. The highest BCUT2D eigenvalue weighted by Crippen LogP contribution is 2.23. The zero-order chi connectivity index (χ0) is 13.8. The third kappa shape index (κ3) is 2.86. The summed E-state index contributed by atoms with van der Waals surface area (Å²) in [5.41, 5.74) is 1.75. The van der Waals surface area contributed by atoms with E-state index < -0.39 is 0 Å². The molecule has 0 spiro atoms. The Balaban J connectivity index is 2.21. The Bertz CT molecular complexity index is 526. The van der Waals surface area contributed by atoms with Gasteiger partial charge in [0.2, 0.25) is 0 Å². The van der Waals surface area contributed by atoms with Crippen LogP contribution < -0.4 is 4.90 Å². The average molecular weight is 254 g/mol. The topological polar surface area (TPSA) is 54.1 Å². The number of anilines is 1. The standard InChI is InChI=1S/C15H18N4/c1-12-10-19(11-15(6-7-16)18(12)2)14-5-3-4-13(8-14)9-17/h3-5,8,12,15H,6,10-11H2,1-2H3. The van der Waals surface area contributed by atoms with Crippen molar-refractivity contribution in [1.82, 2.24) is 4.90 Å². The molecule has 2 rings (SSSR count). The maximum atomic E-state index is 8.97. The third-order valence-corrected chi connectivity index (χ3v) is 3.85. The molecule has 0 aliphatic carbocycles. The van der Waals surface area contributed by atoms with Crippen molar-refractivity contribution in [3.05, 3.63) is 29.8 Å². The van der Waals surface area contributed by atoms with E-state index >= 15 is 0 Å². The Morgan fingerprint density at radius 3 is 2.79 bits per heavy atom. The van der Waals surface area contributed by atoms with Gasteiger partial charge in [-0.2, -0.15) is 10.5 Å². The van der Waals surface area contributed by atoms with Crippen LogP contribution in [-0.4, -0.2) is 37.1 Å². The summed E-state index contributed by atoms with van der Waals surface area (Å²) in [6.07, 6.45) is 0.537. The summed E-state index contributed by atoms with van der Waals surface area (Å²) in [6.45, 7) is 3.93. The Morgan fingerprint density at radius 1 is 1.32 bits per heavy atom. The van der Waals surface area contributed by atoms with Crippen LogP contribution in [-0.2, 0) is 0 Å². The van der Waals surface area contributed by atoms with Gasteiger partial charge in [-0.15, -0.1) is 0 Å². The van der Waals surface area contributed by atoms with Gasteiger partial charge in [0, 0.05) is 30.9 Å². The van der Waals surface area contributed by atoms with Crippen molar-refractivity contribution >= 4 is 5.69 Å². The highest BCUT2D eigenvalue weighted by atomic mass is 15.3. The first kappa shape index (κ1) is 13.4. The van der Waals surface area contributed by atoms with Crippen molar-refractivity contribution in [2.24, 2.45) is 0 Å². The van der Waals surface area contributed by atoms with Gasteiger partial charge in [0.25, 0.3) is 0 Å². The minimum Gasteiger partial charge on any atom is -0.368 e. The quantitative estimate of drug-likeness (QED) is 0.809. The highest BCUT2D eigenvalue weighted by molar-refractivity contribution is 5.52. The van der Waals surface area contributed by atoms with Crippen LogP contribution in [0.2, 0.25) is 0 Å².